The van der Waals surface area contributed by atoms with E-state index in [0.29, 0.717) is 22.8 Å². The summed E-state index contributed by atoms with van der Waals surface area (Å²) in [7, 11) is 4.50. The molecule has 0 saturated heterocycles. The van der Waals surface area contributed by atoms with Crippen LogP contribution in [-0.2, 0) is 4.74 Å². The van der Waals surface area contributed by atoms with Crippen molar-refractivity contribution in [2.75, 3.05) is 21.3 Å². The highest BCUT2D eigenvalue weighted by Gasteiger charge is 2.19. The number of esters is 1. The van der Waals surface area contributed by atoms with Crippen LogP contribution < -0.4 is 14.2 Å². The first-order valence-electron chi connectivity index (χ1n) is 5.54. The lowest BCUT2D eigenvalue weighted by atomic mass is 10.1. The summed E-state index contributed by atoms with van der Waals surface area (Å²) in [5.41, 5.74) is 0.309. The lowest BCUT2D eigenvalue weighted by molar-refractivity contribution is 0.0374. The van der Waals surface area contributed by atoms with Gasteiger partial charge >= 0.3 is 5.97 Å². The molecule has 1 aromatic rings. The first-order chi connectivity index (χ1) is 8.53. The molecule has 0 atom stereocenters. The zero-order chi connectivity index (χ0) is 13.7. The molecule has 0 spiro atoms. The summed E-state index contributed by atoms with van der Waals surface area (Å²) < 4.78 is 20.6. The van der Waals surface area contributed by atoms with Gasteiger partial charge in [-0.3, -0.25) is 0 Å². The molecule has 0 bridgehead atoms. The molecule has 0 saturated carbocycles. The Morgan fingerprint density at radius 2 is 1.44 bits per heavy atom. The maximum Gasteiger partial charge on any atom is 0.342 e. The summed E-state index contributed by atoms with van der Waals surface area (Å²) in [6.07, 6.45) is -0.199. The Hall–Kier alpha value is -1.91. The molecule has 0 aliphatic carbocycles. The Kier molecular flexibility index (Phi) is 4.83. The van der Waals surface area contributed by atoms with Gasteiger partial charge in [-0.2, -0.15) is 0 Å². The summed E-state index contributed by atoms with van der Waals surface area (Å²) in [5, 5.41) is 0. The van der Waals surface area contributed by atoms with Gasteiger partial charge in [-0.25, -0.2) is 4.79 Å². The fraction of sp³-hybridized carbons (Fsp3) is 0.462. The zero-order valence-corrected chi connectivity index (χ0v) is 11.3. The van der Waals surface area contributed by atoms with E-state index in [1.54, 1.807) is 26.0 Å². The van der Waals surface area contributed by atoms with E-state index in [0.717, 1.165) is 0 Å². The van der Waals surface area contributed by atoms with Crippen LogP contribution in [0.1, 0.15) is 24.2 Å². The lowest BCUT2D eigenvalue weighted by Gasteiger charge is -2.14. The molecule has 0 aliphatic rings. The minimum Gasteiger partial charge on any atom is -0.496 e. The van der Waals surface area contributed by atoms with E-state index in [1.165, 1.54) is 21.3 Å². The number of ether oxygens (including phenoxy) is 4. The zero-order valence-electron chi connectivity index (χ0n) is 11.3. The normalized spacial score (nSPS) is 10.1. The van der Waals surface area contributed by atoms with Crippen LogP contribution in [0.2, 0.25) is 0 Å². The Morgan fingerprint density at radius 1 is 0.944 bits per heavy atom. The number of carbonyl (C=O) groups is 1. The van der Waals surface area contributed by atoms with Gasteiger partial charge in [0, 0.05) is 12.1 Å². The molecular weight excluding hydrogens is 236 g/mol. The monoisotopic (exact) mass is 254 g/mol. The Bertz CT molecular complexity index is 426. The van der Waals surface area contributed by atoms with Crippen LogP contribution in [0.3, 0.4) is 0 Å². The van der Waals surface area contributed by atoms with Crippen molar-refractivity contribution in [3.63, 3.8) is 0 Å². The molecule has 1 aromatic carbocycles. The Labute approximate surface area is 107 Å². The molecule has 0 aliphatic heterocycles. The SMILES string of the molecule is COc1cc(OC)c(C(=O)OC(C)C)cc1OC. The fourth-order valence-corrected chi connectivity index (χ4v) is 1.47. The topological polar surface area (TPSA) is 54.0 Å². The van der Waals surface area contributed by atoms with E-state index in [-0.39, 0.29) is 6.10 Å². The van der Waals surface area contributed by atoms with E-state index in [4.69, 9.17) is 18.9 Å². The molecular formula is C13H18O5. The van der Waals surface area contributed by atoms with Crippen LogP contribution in [0, 0.1) is 0 Å². The third-order valence-electron chi connectivity index (χ3n) is 2.27. The van der Waals surface area contributed by atoms with Crippen LogP contribution in [0.4, 0.5) is 0 Å². The number of hydrogen-bond donors (Lipinski definition) is 0. The average Bonchev–Trinajstić information content (AvgIpc) is 2.36. The second-order valence-corrected chi connectivity index (χ2v) is 3.86. The van der Waals surface area contributed by atoms with Crippen molar-refractivity contribution in [3.05, 3.63) is 17.7 Å². The number of methoxy groups -OCH3 is 3. The second kappa shape index (κ2) is 6.14. The van der Waals surface area contributed by atoms with Gasteiger partial charge in [0.05, 0.1) is 27.4 Å². The smallest absolute Gasteiger partial charge is 0.342 e. The predicted octanol–water partition coefficient (Wildman–Crippen LogP) is 2.28. The van der Waals surface area contributed by atoms with Crippen molar-refractivity contribution in [2.24, 2.45) is 0 Å². The quantitative estimate of drug-likeness (QED) is 0.754. The molecule has 100 valence electrons. The van der Waals surface area contributed by atoms with E-state index >= 15 is 0 Å². The third-order valence-corrected chi connectivity index (χ3v) is 2.27. The highest BCUT2D eigenvalue weighted by Crippen LogP contribution is 2.34. The number of carbonyl (C=O) groups excluding carboxylic acids is 1. The van der Waals surface area contributed by atoms with Gasteiger partial charge in [-0.1, -0.05) is 0 Å². The third kappa shape index (κ3) is 3.06. The molecule has 5 nitrogen and oxygen atoms in total. The summed E-state index contributed by atoms with van der Waals surface area (Å²) in [6, 6.07) is 3.14. The molecule has 0 aromatic heterocycles. The van der Waals surface area contributed by atoms with Crippen LogP contribution in [0.15, 0.2) is 12.1 Å². The molecule has 0 radical (unpaired) electrons. The number of hydrogen-bond acceptors (Lipinski definition) is 5. The largest absolute Gasteiger partial charge is 0.496 e. The van der Waals surface area contributed by atoms with Crippen molar-refractivity contribution < 1.29 is 23.7 Å². The summed E-state index contributed by atoms with van der Waals surface area (Å²) in [5.74, 6) is 0.880. The Balaban J connectivity index is 3.20. The highest BCUT2D eigenvalue weighted by molar-refractivity contribution is 5.93. The number of benzene rings is 1. The molecule has 18 heavy (non-hydrogen) atoms. The van der Waals surface area contributed by atoms with Crippen molar-refractivity contribution in [1.82, 2.24) is 0 Å². The minimum absolute atomic E-state index is 0.199. The molecule has 0 fully saturated rings. The summed E-state index contributed by atoms with van der Waals surface area (Å²) in [6.45, 7) is 3.57. The van der Waals surface area contributed by atoms with Gasteiger partial charge in [0.2, 0.25) is 0 Å². The van der Waals surface area contributed by atoms with Crippen molar-refractivity contribution in [2.45, 2.75) is 20.0 Å². The highest BCUT2D eigenvalue weighted by atomic mass is 16.5. The Morgan fingerprint density at radius 3 is 1.89 bits per heavy atom. The van der Waals surface area contributed by atoms with Gasteiger partial charge in [-0.05, 0) is 13.8 Å². The average molecular weight is 254 g/mol. The maximum atomic E-state index is 11.9. The van der Waals surface area contributed by atoms with Crippen molar-refractivity contribution in [3.8, 4) is 17.2 Å². The molecule has 0 N–H and O–H groups in total. The van der Waals surface area contributed by atoms with E-state index in [1.807, 2.05) is 0 Å². The van der Waals surface area contributed by atoms with Crippen molar-refractivity contribution >= 4 is 5.97 Å². The summed E-state index contributed by atoms with van der Waals surface area (Å²) in [4.78, 5) is 11.9. The fourth-order valence-electron chi connectivity index (χ4n) is 1.47. The van der Waals surface area contributed by atoms with Crippen LogP contribution in [0.25, 0.3) is 0 Å². The van der Waals surface area contributed by atoms with E-state index in [9.17, 15) is 4.79 Å². The molecule has 0 unspecified atom stereocenters. The second-order valence-electron chi connectivity index (χ2n) is 3.86. The van der Waals surface area contributed by atoms with E-state index in [2.05, 4.69) is 0 Å². The van der Waals surface area contributed by atoms with Crippen LogP contribution in [0.5, 0.6) is 17.2 Å². The predicted molar refractivity (Wildman–Crippen MR) is 66.6 cm³/mol. The number of rotatable bonds is 5. The first-order valence-corrected chi connectivity index (χ1v) is 5.54. The van der Waals surface area contributed by atoms with Crippen molar-refractivity contribution in [1.29, 1.82) is 0 Å². The van der Waals surface area contributed by atoms with Gasteiger partial charge < -0.3 is 18.9 Å². The first kappa shape index (κ1) is 14.2. The van der Waals surface area contributed by atoms with Gasteiger partial charge in [0.1, 0.15) is 11.3 Å². The molecule has 5 heteroatoms. The van der Waals surface area contributed by atoms with Gasteiger partial charge in [-0.15, -0.1) is 0 Å². The van der Waals surface area contributed by atoms with Crippen LogP contribution in [-0.4, -0.2) is 33.4 Å². The lowest BCUT2D eigenvalue weighted by Crippen LogP contribution is -2.13. The molecule has 0 heterocycles. The summed E-state index contributed by atoms with van der Waals surface area (Å²) >= 11 is 0. The molecule has 1 rings (SSSR count). The van der Waals surface area contributed by atoms with Crippen LogP contribution >= 0.6 is 0 Å². The van der Waals surface area contributed by atoms with E-state index < -0.39 is 5.97 Å². The maximum absolute atomic E-state index is 11.9. The standard InChI is InChI=1S/C13H18O5/c1-8(2)18-13(14)9-6-11(16-4)12(17-5)7-10(9)15-3/h6-8H,1-5H3. The molecule has 0 amide bonds. The minimum atomic E-state index is -0.456. The van der Waals surface area contributed by atoms with Gasteiger partial charge in [0.25, 0.3) is 0 Å². The van der Waals surface area contributed by atoms with Gasteiger partial charge in [0.15, 0.2) is 11.5 Å².